The van der Waals surface area contributed by atoms with Crippen LogP contribution in [0, 0.1) is 11.8 Å². The lowest BCUT2D eigenvalue weighted by Gasteiger charge is -2.18. The van der Waals surface area contributed by atoms with Crippen LogP contribution in [0.2, 0.25) is 0 Å². The van der Waals surface area contributed by atoms with Crippen LogP contribution >= 0.6 is 0 Å². The fourth-order valence-electron chi connectivity index (χ4n) is 4.88. The van der Waals surface area contributed by atoms with E-state index in [-0.39, 0.29) is 23.7 Å². The Kier molecular flexibility index (Phi) is 4.63. The van der Waals surface area contributed by atoms with Crippen molar-refractivity contribution >= 4 is 34.4 Å². The number of amides is 1. The molecule has 1 aliphatic carbocycles. The topological polar surface area (TPSA) is 124 Å². The van der Waals surface area contributed by atoms with Crippen molar-refractivity contribution in [2.24, 2.45) is 11.8 Å². The highest BCUT2D eigenvalue weighted by Gasteiger charge is 2.55. The number of rotatable bonds is 2. The molecule has 3 aliphatic rings. The fraction of sp³-hybridized carbons (Fsp3) is 0.455. The highest BCUT2D eigenvalue weighted by atomic mass is 16.5. The van der Waals surface area contributed by atoms with Crippen LogP contribution in [0.25, 0.3) is 11.2 Å². The number of fused-ring (bicyclic) bond motifs is 4. The quantitative estimate of drug-likeness (QED) is 0.538. The molecule has 6 rings (SSSR count). The summed E-state index contributed by atoms with van der Waals surface area (Å²) in [4.78, 5) is 35.2. The molecule has 1 saturated heterocycles. The van der Waals surface area contributed by atoms with Gasteiger partial charge in [0.25, 0.3) is 5.56 Å². The maximum atomic E-state index is 13.4. The van der Waals surface area contributed by atoms with Crippen molar-refractivity contribution in [3.8, 4) is 0 Å². The number of carbonyl (C=O) groups excluding carboxylic acids is 1. The van der Waals surface area contributed by atoms with Gasteiger partial charge in [0.1, 0.15) is 23.3 Å². The van der Waals surface area contributed by atoms with Crippen molar-refractivity contribution < 1.29 is 14.3 Å². The second kappa shape index (κ2) is 7.56. The van der Waals surface area contributed by atoms with Crippen molar-refractivity contribution in [3.63, 3.8) is 0 Å². The second-order valence-corrected chi connectivity index (χ2v) is 8.91. The number of carbonyl (C=O) groups is 1. The summed E-state index contributed by atoms with van der Waals surface area (Å²) in [6.45, 7) is 3.90. The summed E-state index contributed by atoms with van der Waals surface area (Å²) in [5, 5.41) is 9.20. The van der Waals surface area contributed by atoms with E-state index in [1.165, 1.54) is 10.9 Å². The molecule has 0 aromatic carbocycles. The zero-order chi connectivity index (χ0) is 22.7. The van der Waals surface area contributed by atoms with Gasteiger partial charge in [-0.1, -0.05) is 0 Å². The maximum Gasteiger partial charge on any atom is 0.328 e. The molecule has 172 valence electrons. The van der Waals surface area contributed by atoms with Gasteiger partial charge < -0.3 is 30.0 Å². The van der Waals surface area contributed by atoms with Crippen LogP contribution in [-0.2, 0) is 16.1 Å². The highest BCUT2D eigenvalue weighted by molar-refractivity contribution is 5.94. The lowest BCUT2D eigenvalue weighted by Crippen LogP contribution is -2.38. The average molecular weight is 451 g/mol. The number of anilines is 3. The Morgan fingerprint density at radius 3 is 2.76 bits per heavy atom. The number of ether oxygens (including phenoxy) is 2. The molecule has 33 heavy (non-hydrogen) atoms. The van der Waals surface area contributed by atoms with Gasteiger partial charge in [0, 0.05) is 37.2 Å². The first-order chi connectivity index (χ1) is 16.0. The van der Waals surface area contributed by atoms with Crippen LogP contribution in [0.3, 0.4) is 0 Å². The first kappa shape index (κ1) is 20.2. The predicted octanol–water partition coefficient (Wildman–Crippen LogP) is 1.67. The third kappa shape index (κ3) is 3.35. The molecule has 11 nitrogen and oxygen atoms in total. The van der Waals surface area contributed by atoms with Gasteiger partial charge >= 0.3 is 6.03 Å². The molecule has 3 N–H and O–H groups in total. The molecule has 3 aromatic rings. The molecule has 0 radical (unpaired) electrons. The third-order valence-electron chi connectivity index (χ3n) is 6.59. The Labute approximate surface area is 189 Å². The second-order valence-electron chi connectivity index (χ2n) is 8.91. The van der Waals surface area contributed by atoms with E-state index in [0.29, 0.717) is 66.6 Å². The zero-order valence-electron chi connectivity index (χ0n) is 18.4. The molecule has 4 atom stereocenters. The molecule has 1 saturated carbocycles. The Morgan fingerprint density at radius 2 is 1.97 bits per heavy atom. The van der Waals surface area contributed by atoms with Gasteiger partial charge in [0.2, 0.25) is 0 Å². The summed E-state index contributed by atoms with van der Waals surface area (Å²) in [5.74, 6) is 1.20. The molecule has 1 unspecified atom stereocenters. The first-order valence-electron chi connectivity index (χ1n) is 11.1. The van der Waals surface area contributed by atoms with Gasteiger partial charge in [-0.05, 0) is 18.6 Å². The number of aromatic nitrogens is 4. The van der Waals surface area contributed by atoms with E-state index in [1.807, 2.05) is 23.8 Å². The van der Waals surface area contributed by atoms with Gasteiger partial charge in [-0.2, -0.15) is 0 Å². The third-order valence-corrected chi connectivity index (χ3v) is 6.59. The molecule has 0 spiro atoms. The molecular formula is C22H25N7O4. The normalized spacial score (nSPS) is 26.4. The van der Waals surface area contributed by atoms with E-state index in [2.05, 4.69) is 25.9 Å². The summed E-state index contributed by atoms with van der Waals surface area (Å²) in [5.41, 5.74) is 2.82. The van der Waals surface area contributed by atoms with Gasteiger partial charge in [-0.15, -0.1) is 0 Å². The van der Waals surface area contributed by atoms with Gasteiger partial charge in [0.05, 0.1) is 38.2 Å². The fourth-order valence-corrected chi connectivity index (χ4v) is 4.88. The van der Waals surface area contributed by atoms with Gasteiger partial charge in [0.15, 0.2) is 5.65 Å². The molecule has 3 aromatic heterocycles. The molecular weight excluding hydrogens is 426 g/mol. The van der Waals surface area contributed by atoms with Crippen LogP contribution in [0.4, 0.5) is 22.0 Å². The van der Waals surface area contributed by atoms with Crippen LogP contribution in [-0.4, -0.2) is 58.0 Å². The Balaban J connectivity index is 1.48. The van der Waals surface area contributed by atoms with Gasteiger partial charge in [-0.25, -0.2) is 19.3 Å². The molecule has 2 fully saturated rings. The number of pyridine rings is 2. The smallest absolute Gasteiger partial charge is 0.328 e. The molecule has 4 bridgehead atoms. The van der Waals surface area contributed by atoms with Crippen molar-refractivity contribution in [1.29, 1.82) is 0 Å². The van der Waals surface area contributed by atoms with Crippen molar-refractivity contribution in [1.82, 2.24) is 24.4 Å². The largest absolute Gasteiger partial charge is 0.386 e. The van der Waals surface area contributed by atoms with E-state index in [4.69, 9.17) is 9.47 Å². The van der Waals surface area contributed by atoms with Crippen LogP contribution in [0.5, 0.6) is 0 Å². The van der Waals surface area contributed by atoms with E-state index in [0.717, 1.165) is 5.56 Å². The standard InChI is InChI=1S/C22H25N7O4/c1-11-6-32-7-12-3-16(21(30)28(5-12)19-13-8-33-9-14(13)19)26-17-4-15(23-2)18-20(27-17)29(10-24-18)22(31)25-11/h3-5,10-11,13-14,19H,6-9H2,1-2H3,(H,25,31)(H2,23,26,27)/t11-,13-,14+,19?/m1/s1. The summed E-state index contributed by atoms with van der Waals surface area (Å²) in [6.07, 6.45) is 3.33. The van der Waals surface area contributed by atoms with E-state index in [1.54, 1.807) is 13.1 Å². The molecule has 11 heteroatoms. The highest BCUT2D eigenvalue weighted by Crippen LogP contribution is 2.53. The minimum Gasteiger partial charge on any atom is -0.386 e. The van der Waals surface area contributed by atoms with Crippen molar-refractivity contribution in [2.45, 2.75) is 25.6 Å². The zero-order valence-corrected chi connectivity index (χ0v) is 18.4. The Hall–Kier alpha value is -3.44. The lowest BCUT2D eigenvalue weighted by molar-refractivity contribution is 0.104. The number of imidazole rings is 1. The van der Waals surface area contributed by atoms with Crippen molar-refractivity contribution in [2.75, 3.05) is 37.5 Å². The number of nitrogens with zero attached hydrogens (tertiary/aromatic N) is 4. The minimum absolute atomic E-state index is 0.113. The number of hydrogen-bond acceptors (Lipinski definition) is 8. The number of nitrogens with one attached hydrogen (secondary N) is 3. The van der Waals surface area contributed by atoms with Crippen LogP contribution < -0.4 is 21.5 Å². The minimum atomic E-state index is -0.347. The molecule has 2 aliphatic heterocycles. The summed E-state index contributed by atoms with van der Waals surface area (Å²) in [7, 11) is 1.77. The van der Waals surface area contributed by atoms with Crippen LogP contribution in [0.15, 0.2) is 29.5 Å². The van der Waals surface area contributed by atoms with E-state index < -0.39 is 0 Å². The maximum absolute atomic E-state index is 13.4. The Morgan fingerprint density at radius 1 is 1.15 bits per heavy atom. The first-order valence-corrected chi connectivity index (χ1v) is 11.1. The van der Waals surface area contributed by atoms with Crippen molar-refractivity contribution in [3.05, 3.63) is 40.6 Å². The van der Waals surface area contributed by atoms with E-state index >= 15 is 0 Å². The number of hydrogen-bond donors (Lipinski definition) is 3. The molecule has 1 amide bonds. The van der Waals surface area contributed by atoms with Gasteiger partial charge in [-0.3, -0.25) is 4.79 Å². The monoisotopic (exact) mass is 451 g/mol. The van der Waals surface area contributed by atoms with Crippen LogP contribution in [0.1, 0.15) is 18.5 Å². The van der Waals surface area contributed by atoms with E-state index in [9.17, 15) is 9.59 Å². The summed E-state index contributed by atoms with van der Waals surface area (Å²) in [6, 6.07) is 3.16. The summed E-state index contributed by atoms with van der Waals surface area (Å²) < 4.78 is 14.6. The molecule has 5 heterocycles. The SMILES string of the molecule is CNc1cc2nc3c1ncn3C(=O)N[C@H](C)COCc1cc(c(=O)n(C3[C@H]4COC[C@@H]34)c1)N2. The average Bonchev–Trinajstić information content (AvgIpc) is 3.13. The lowest BCUT2D eigenvalue weighted by atomic mass is 10.2. The summed E-state index contributed by atoms with van der Waals surface area (Å²) >= 11 is 0. The Bertz CT molecular complexity index is 1310. The predicted molar refractivity (Wildman–Crippen MR) is 121 cm³/mol.